The third-order valence-corrected chi connectivity index (χ3v) is 2.96. The van der Waals surface area contributed by atoms with Gasteiger partial charge in [-0.1, -0.05) is 0 Å². The highest BCUT2D eigenvalue weighted by Crippen LogP contribution is 2.38. The lowest BCUT2D eigenvalue weighted by atomic mass is 10.1. The summed E-state index contributed by atoms with van der Waals surface area (Å²) in [5.74, 6) is 0.432. The van der Waals surface area contributed by atoms with Gasteiger partial charge in [0.2, 0.25) is 5.75 Å². The van der Waals surface area contributed by atoms with Crippen LogP contribution in [-0.4, -0.2) is 17.6 Å². The van der Waals surface area contributed by atoms with E-state index in [0.29, 0.717) is 5.75 Å². The second-order valence-electron chi connectivity index (χ2n) is 4.75. The number of benzene rings is 1. The van der Waals surface area contributed by atoms with Gasteiger partial charge >= 0.3 is 5.69 Å². The van der Waals surface area contributed by atoms with Crippen LogP contribution in [0.1, 0.15) is 32.3 Å². The van der Waals surface area contributed by atoms with Crippen LogP contribution in [0.25, 0.3) is 0 Å². The van der Waals surface area contributed by atoms with Crippen LogP contribution in [0.5, 0.6) is 5.75 Å². The lowest BCUT2D eigenvalue weighted by molar-refractivity contribution is -0.386. The molecule has 0 saturated carbocycles. The van der Waals surface area contributed by atoms with Crippen LogP contribution in [0, 0.1) is 10.1 Å². The molecule has 0 unspecified atom stereocenters. The minimum absolute atomic E-state index is 0.0613. The Bertz CT molecular complexity index is 458. The molecule has 1 aromatic carbocycles. The highest BCUT2D eigenvalue weighted by atomic mass is 16.6. The Morgan fingerprint density at radius 2 is 2.17 bits per heavy atom. The van der Waals surface area contributed by atoms with Gasteiger partial charge in [0.25, 0.3) is 0 Å². The summed E-state index contributed by atoms with van der Waals surface area (Å²) in [5.41, 5.74) is 1.97. The number of fused-ring (bicyclic) bond motifs is 1. The highest BCUT2D eigenvalue weighted by molar-refractivity contribution is 5.66. The van der Waals surface area contributed by atoms with Crippen molar-refractivity contribution in [1.82, 2.24) is 0 Å². The number of nitro benzene ring substituents is 1. The molecule has 0 aliphatic carbocycles. The standard InChI is InChI=1S/C13H18N2O3/c1-9(2)18-13-10-5-3-4-8-14-11(10)6-7-12(13)15(16)17/h6-7,9,14H,3-5,8H2,1-2H3. The predicted octanol–water partition coefficient (Wildman–Crippen LogP) is 3.13. The summed E-state index contributed by atoms with van der Waals surface area (Å²) in [7, 11) is 0. The van der Waals surface area contributed by atoms with Gasteiger partial charge in [0, 0.05) is 23.9 Å². The van der Waals surface area contributed by atoms with Crippen LogP contribution in [0.2, 0.25) is 0 Å². The van der Waals surface area contributed by atoms with Crippen molar-refractivity contribution in [1.29, 1.82) is 0 Å². The van der Waals surface area contributed by atoms with Crippen LogP contribution in [-0.2, 0) is 6.42 Å². The second-order valence-corrected chi connectivity index (χ2v) is 4.75. The maximum Gasteiger partial charge on any atom is 0.311 e. The summed E-state index contributed by atoms with van der Waals surface area (Å²) < 4.78 is 5.68. The Morgan fingerprint density at radius 3 is 2.83 bits per heavy atom. The molecule has 98 valence electrons. The van der Waals surface area contributed by atoms with Crippen LogP contribution in [0.3, 0.4) is 0 Å². The lowest BCUT2D eigenvalue weighted by Gasteiger charge is -2.16. The molecule has 2 rings (SSSR count). The molecule has 5 heteroatoms. The zero-order valence-corrected chi connectivity index (χ0v) is 10.7. The molecule has 1 aromatic rings. The zero-order chi connectivity index (χ0) is 13.1. The summed E-state index contributed by atoms with van der Waals surface area (Å²) in [5, 5.41) is 14.4. The van der Waals surface area contributed by atoms with Gasteiger partial charge in [-0.15, -0.1) is 0 Å². The van der Waals surface area contributed by atoms with E-state index in [4.69, 9.17) is 4.74 Å². The minimum atomic E-state index is -0.372. The molecule has 0 spiro atoms. The van der Waals surface area contributed by atoms with E-state index in [2.05, 4.69) is 5.32 Å². The summed E-state index contributed by atoms with van der Waals surface area (Å²) >= 11 is 0. The number of anilines is 1. The Hall–Kier alpha value is -1.78. The van der Waals surface area contributed by atoms with Crippen molar-refractivity contribution in [3.63, 3.8) is 0 Å². The number of nitrogens with zero attached hydrogens (tertiary/aromatic N) is 1. The lowest BCUT2D eigenvalue weighted by Crippen LogP contribution is -2.10. The average Bonchev–Trinajstić information content (AvgIpc) is 2.53. The number of hydrogen-bond donors (Lipinski definition) is 1. The van der Waals surface area contributed by atoms with Crippen LogP contribution in [0.4, 0.5) is 11.4 Å². The van der Waals surface area contributed by atoms with Gasteiger partial charge in [-0.3, -0.25) is 10.1 Å². The first kappa shape index (κ1) is 12.7. The number of ether oxygens (including phenoxy) is 1. The molecule has 0 amide bonds. The predicted molar refractivity (Wildman–Crippen MR) is 70.3 cm³/mol. The maximum atomic E-state index is 11.1. The molecule has 1 aliphatic rings. The third kappa shape index (κ3) is 2.55. The largest absolute Gasteiger partial charge is 0.484 e. The van der Waals surface area contributed by atoms with Gasteiger partial charge in [-0.05, 0) is 39.2 Å². The number of rotatable bonds is 3. The van der Waals surface area contributed by atoms with Crippen molar-refractivity contribution >= 4 is 11.4 Å². The molecular weight excluding hydrogens is 232 g/mol. The Labute approximate surface area is 106 Å². The van der Waals surface area contributed by atoms with E-state index in [0.717, 1.165) is 37.1 Å². The topological polar surface area (TPSA) is 64.4 Å². The van der Waals surface area contributed by atoms with Crippen LogP contribution in [0.15, 0.2) is 12.1 Å². The summed E-state index contributed by atoms with van der Waals surface area (Å²) in [6.45, 7) is 4.67. The molecule has 0 atom stereocenters. The first-order valence-corrected chi connectivity index (χ1v) is 6.30. The summed E-state index contributed by atoms with van der Waals surface area (Å²) in [6.07, 6.45) is 2.85. The smallest absolute Gasteiger partial charge is 0.311 e. The third-order valence-electron chi connectivity index (χ3n) is 2.96. The number of nitro groups is 1. The molecule has 1 heterocycles. The van der Waals surface area contributed by atoms with E-state index < -0.39 is 0 Å². The first-order valence-electron chi connectivity index (χ1n) is 6.30. The van der Waals surface area contributed by atoms with E-state index in [9.17, 15) is 10.1 Å². The summed E-state index contributed by atoms with van der Waals surface area (Å²) in [6, 6.07) is 3.31. The van der Waals surface area contributed by atoms with Gasteiger partial charge in [-0.2, -0.15) is 0 Å². The normalized spacial score (nSPS) is 14.6. The van der Waals surface area contributed by atoms with Crippen molar-refractivity contribution in [2.75, 3.05) is 11.9 Å². The molecule has 1 aliphatic heterocycles. The van der Waals surface area contributed by atoms with E-state index in [1.165, 1.54) is 6.07 Å². The zero-order valence-electron chi connectivity index (χ0n) is 10.7. The molecule has 0 radical (unpaired) electrons. The molecule has 18 heavy (non-hydrogen) atoms. The van der Waals surface area contributed by atoms with Gasteiger partial charge < -0.3 is 10.1 Å². The quantitative estimate of drug-likeness (QED) is 0.661. The number of hydrogen-bond acceptors (Lipinski definition) is 4. The number of nitrogens with one attached hydrogen (secondary N) is 1. The first-order chi connectivity index (χ1) is 8.59. The Kier molecular flexibility index (Phi) is 3.69. The fourth-order valence-electron chi connectivity index (χ4n) is 2.19. The molecule has 0 fully saturated rings. The fourth-order valence-corrected chi connectivity index (χ4v) is 2.19. The van der Waals surface area contributed by atoms with Crippen molar-refractivity contribution in [2.45, 2.75) is 39.2 Å². The van der Waals surface area contributed by atoms with Gasteiger partial charge in [0.05, 0.1) is 11.0 Å². The molecule has 0 saturated heterocycles. The SMILES string of the molecule is CC(C)Oc1c([N+](=O)[O-])ccc2c1CCCCN2. The molecular formula is C13H18N2O3. The molecule has 0 bridgehead atoms. The monoisotopic (exact) mass is 250 g/mol. The summed E-state index contributed by atoms with van der Waals surface area (Å²) in [4.78, 5) is 10.7. The van der Waals surface area contributed by atoms with Crippen molar-refractivity contribution < 1.29 is 9.66 Å². The van der Waals surface area contributed by atoms with Crippen LogP contribution >= 0.6 is 0 Å². The van der Waals surface area contributed by atoms with E-state index in [1.807, 2.05) is 13.8 Å². The van der Waals surface area contributed by atoms with Crippen LogP contribution < -0.4 is 10.1 Å². The average molecular weight is 250 g/mol. The molecule has 0 aromatic heterocycles. The van der Waals surface area contributed by atoms with Gasteiger partial charge in [0.1, 0.15) is 0 Å². The van der Waals surface area contributed by atoms with Crippen molar-refractivity contribution in [2.24, 2.45) is 0 Å². The van der Waals surface area contributed by atoms with Crippen molar-refractivity contribution in [3.8, 4) is 5.75 Å². The van der Waals surface area contributed by atoms with E-state index >= 15 is 0 Å². The molecule has 1 N–H and O–H groups in total. The fraction of sp³-hybridized carbons (Fsp3) is 0.538. The van der Waals surface area contributed by atoms with E-state index in [1.54, 1.807) is 6.07 Å². The Balaban J connectivity index is 2.51. The minimum Gasteiger partial charge on any atom is -0.484 e. The van der Waals surface area contributed by atoms with Crippen molar-refractivity contribution in [3.05, 3.63) is 27.8 Å². The highest BCUT2D eigenvalue weighted by Gasteiger charge is 2.24. The van der Waals surface area contributed by atoms with Gasteiger partial charge in [0.15, 0.2) is 0 Å². The maximum absolute atomic E-state index is 11.1. The molecule has 5 nitrogen and oxygen atoms in total. The van der Waals surface area contributed by atoms with Gasteiger partial charge in [-0.25, -0.2) is 0 Å². The second kappa shape index (κ2) is 5.25. The van der Waals surface area contributed by atoms with E-state index in [-0.39, 0.29) is 16.7 Å². The Morgan fingerprint density at radius 1 is 1.39 bits per heavy atom.